The van der Waals surface area contributed by atoms with E-state index in [1.54, 1.807) is 43.3 Å². The molecule has 1 heterocycles. The number of nitrogens with two attached hydrogens (primary N) is 1. The van der Waals surface area contributed by atoms with E-state index in [0.717, 1.165) is 12.8 Å². The molecule has 0 saturated heterocycles. The second-order valence-corrected chi connectivity index (χ2v) is 8.52. The summed E-state index contributed by atoms with van der Waals surface area (Å²) < 4.78 is 47.5. The van der Waals surface area contributed by atoms with Crippen molar-refractivity contribution >= 4 is 18.3 Å². The molecule has 1 aliphatic carbocycles. The summed E-state index contributed by atoms with van der Waals surface area (Å²) in [5.74, 6) is 1.32. The predicted molar refractivity (Wildman–Crippen MR) is 135 cm³/mol. The Morgan fingerprint density at radius 2 is 1.92 bits per heavy atom. The number of rotatable bonds is 12. The topological polar surface area (TPSA) is 109 Å². The van der Waals surface area contributed by atoms with Gasteiger partial charge in [0.25, 0.3) is 5.91 Å². The van der Waals surface area contributed by atoms with Crippen LogP contribution in [-0.4, -0.2) is 30.7 Å². The summed E-state index contributed by atoms with van der Waals surface area (Å²) in [4.78, 5) is 17.3. The van der Waals surface area contributed by atoms with E-state index in [-0.39, 0.29) is 42.2 Å². The van der Waals surface area contributed by atoms with E-state index in [1.165, 1.54) is 6.07 Å². The van der Waals surface area contributed by atoms with Crippen LogP contribution in [0.3, 0.4) is 0 Å². The smallest absolute Gasteiger partial charge is 0.387 e. The first kappa shape index (κ1) is 28.2. The first-order valence-corrected chi connectivity index (χ1v) is 11.8. The summed E-state index contributed by atoms with van der Waals surface area (Å²) in [5.41, 5.74) is 7.45. The number of carbonyl (C=O) groups excluding carboxylic acids is 1. The Kier molecular flexibility index (Phi) is 9.71. The summed E-state index contributed by atoms with van der Waals surface area (Å²) in [6.07, 6.45) is 2.10. The number of para-hydroxylation sites is 1. The maximum absolute atomic E-state index is 12.9. The summed E-state index contributed by atoms with van der Waals surface area (Å²) in [5, 5.41) is 2.83. The van der Waals surface area contributed by atoms with Gasteiger partial charge in [0.1, 0.15) is 17.2 Å². The number of benzene rings is 2. The second-order valence-electron chi connectivity index (χ2n) is 8.52. The third-order valence-electron chi connectivity index (χ3n) is 5.57. The third-order valence-corrected chi connectivity index (χ3v) is 5.57. The van der Waals surface area contributed by atoms with Gasteiger partial charge in [0, 0.05) is 5.56 Å². The quantitative estimate of drug-likeness (QED) is 0.314. The van der Waals surface area contributed by atoms with Crippen LogP contribution >= 0.6 is 12.4 Å². The van der Waals surface area contributed by atoms with Gasteiger partial charge in [-0.05, 0) is 62.9 Å². The molecule has 2 aromatic carbocycles. The highest BCUT2D eigenvalue weighted by molar-refractivity contribution is 5.96. The molecule has 1 aromatic heterocycles. The number of aromatic nitrogens is 1. The van der Waals surface area contributed by atoms with Crippen molar-refractivity contribution in [1.82, 2.24) is 10.3 Å². The van der Waals surface area contributed by atoms with Crippen molar-refractivity contribution < 1.29 is 32.2 Å². The Morgan fingerprint density at radius 1 is 1.16 bits per heavy atom. The number of ether oxygens (including phenoxy) is 3. The lowest BCUT2D eigenvalue weighted by atomic mass is 10.1. The summed E-state index contributed by atoms with van der Waals surface area (Å²) in [7, 11) is 0. The number of nitrogens with one attached hydrogen (secondary N) is 1. The molecule has 0 radical (unpaired) electrons. The van der Waals surface area contributed by atoms with Crippen molar-refractivity contribution in [3.8, 4) is 28.7 Å². The lowest BCUT2D eigenvalue weighted by Crippen LogP contribution is -2.24. The van der Waals surface area contributed by atoms with Gasteiger partial charge in [-0.25, -0.2) is 4.98 Å². The van der Waals surface area contributed by atoms with Crippen molar-refractivity contribution in [3.63, 3.8) is 0 Å². The zero-order valence-corrected chi connectivity index (χ0v) is 21.4. The van der Waals surface area contributed by atoms with E-state index < -0.39 is 12.7 Å². The maximum Gasteiger partial charge on any atom is 0.387 e. The van der Waals surface area contributed by atoms with Crippen LogP contribution in [0.4, 0.5) is 8.78 Å². The number of halogens is 3. The Morgan fingerprint density at radius 3 is 2.59 bits per heavy atom. The molecule has 3 aromatic rings. The predicted octanol–water partition coefficient (Wildman–Crippen LogP) is 5.50. The van der Waals surface area contributed by atoms with Gasteiger partial charge in [-0.1, -0.05) is 12.1 Å². The van der Waals surface area contributed by atoms with Crippen LogP contribution in [0.15, 0.2) is 46.9 Å². The minimum atomic E-state index is -2.98. The Bertz CT molecular complexity index is 1200. The lowest BCUT2D eigenvalue weighted by Gasteiger charge is -2.12. The fraction of sp³-hybridized carbons (Fsp3) is 0.385. The fourth-order valence-corrected chi connectivity index (χ4v) is 3.60. The number of oxazole rings is 1. The van der Waals surface area contributed by atoms with E-state index in [4.69, 9.17) is 19.6 Å². The fourth-order valence-electron chi connectivity index (χ4n) is 3.60. The molecule has 0 aliphatic heterocycles. The first-order chi connectivity index (χ1) is 17.4. The Hall–Kier alpha value is -3.37. The van der Waals surface area contributed by atoms with Crippen molar-refractivity contribution in [1.29, 1.82) is 0 Å². The highest BCUT2D eigenvalue weighted by Gasteiger charge is 2.24. The standard InChI is InChI=1S/C26H29F2N3O5.ClH/c1-3-33-20-7-5-4-6-18(20)24(32)30-13-19-23(15(2)29)36-25(31-19)17-10-11-21(35-26(27)28)22(12-17)34-14-16-8-9-16;/h4-7,10-12,15-16,26H,3,8-9,13-14,29H2,1-2H3,(H,30,32);1H/t15-;/m0./s1. The van der Waals surface area contributed by atoms with E-state index >= 15 is 0 Å². The van der Waals surface area contributed by atoms with Gasteiger partial charge in [-0.15, -0.1) is 12.4 Å². The van der Waals surface area contributed by atoms with E-state index in [1.807, 2.05) is 6.92 Å². The van der Waals surface area contributed by atoms with Gasteiger partial charge in [0.05, 0.1) is 31.4 Å². The van der Waals surface area contributed by atoms with Crippen LogP contribution in [0.1, 0.15) is 54.5 Å². The first-order valence-electron chi connectivity index (χ1n) is 11.8. The number of alkyl halides is 2. The zero-order chi connectivity index (χ0) is 25.7. The van der Waals surface area contributed by atoms with Gasteiger partial charge in [-0.2, -0.15) is 8.78 Å². The van der Waals surface area contributed by atoms with E-state index in [2.05, 4.69) is 15.0 Å². The molecule has 3 N–H and O–H groups in total. The van der Waals surface area contributed by atoms with Gasteiger partial charge >= 0.3 is 6.61 Å². The van der Waals surface area contributed by atoms with E-state index in [9.17, 15) is 13.6 Å². The third kappa shape index (κ3) is 7.33. The van der Waals surface area contributed by atoms with Crippen LogP contribution < -0.4 is 25.3 Å². The van der Waals surface area contributed by atoms with Crippen molar-refractivity contribution in [2.24, 2.45) is 11.7 Å². The second kappa shape index (κ2) is 12.7. The number of nitrogens with zero attached hydrogens (tertiary/aromatic N) is 1. The molecule has 1 atom stereocenters. The molecule has 1 saturated carbocycles. The van der Waals surface area contributed by atoms with Crippen molar-refractivity contribution in [2.45, 2.75) is 45.9 Å². The van der Waals surface area contributed by atoms with Crippen LogP contribution in [0.5, 0.6) is 17.2 Å². The number of hydrogen-bond acceptors (Lipinski definition) is 7. The van der Waals surface area contributed by atoms with Crippen LogP contribution in [0.25, 0.3) is 11.5 Å². The molecule has 200 valence electrons. The molecule has 1 aliphatic rings. The molecule has 1 amide bonds. The number of hydrogen-bond donors (Lipinski definition) is 2. The molecule has 8 nitrogen and oxygen atoms in total. The van der Waals surface area contributed by atoms with Gasteiger partial charge in [0.2, 0.25) is 5.89 Å². The SMILES string of the molecule is CCOc1ccccc1C(=O)NCc1nc(-c2ccc(OC(F)F)c(OCC3CC3)c2)oc1[C@H](C)N.Cl. The normalized spacial score (nSPS) is 13.6. The van der Waals surface area contributed by atoms with Crippen LogP contribution in [-0.2, 0) is 6.54 Å². The minimum Gasteiger partial charge on any atom is -0.493 e. The van der Waals surface area contributed by atoms with Gasteiger partial charge in [0.15, 0.2) is 11.5 Å². The minimum absolute atomic E-state index is 0. The van der Waals surface area contributed by atoms with Crippen molar-refractivity contribution in [2.75, 3.05) is 13.2 Å². The average Bonchev–Trinajstić information content (AvgIpc) is 3.58. The highest BCUT2D eigenvalue weighted by Crippen LogP contribution is 2.37. The molecule has 0 spiro atoms. The molecular weight excluding hydrogens is 508 g/mol. The van der Waals surface area contributed by atoms with Crippen LogP contribution in [0, 0.1) is 5.92 Å². The van der Waals surface area contributed by atoms with Crippen molar-refractivity contribution in [3.05, 3.63) is 59.5 Å². The van der Waals surface area contributed by atoms with Gasteiger partial charge in [-0.3, -0.25) is 4.79 Å². The molecular formula is C26H30ClF2N3O5. The summed E-state index contributed by atoms with van der Waals surface area (Å²) in [6, 6.07) is 10.9. The molecule has 11 heteroatoms. The number of amides is 1. The summed E-state index contributed by atoms with van der Waals surface area (Å²) in [6.45, 7) is 1.52. The largest absolute Gasteiger partial charge is 0.493 e. The Labute approximate surface area is 219 Å². The lowest BCUT2D eigenvalue weighted by molar-refractivity contribution is -0.0515. The molecule has 0 bridgehead atoms. The molecule has 0 unspecified atom stereocenters. The maximum atomic E-state index is 12.9. The average molecular weight is 538 g/mol. The molecule has 1 fully saturated rings. The number of carbonyl (C=O) groups is 1. The van der Waals surface area contributed by atoms with Gasteiger partial charge < -0.3 is 29.7 Å². The highest BCUT2D eigenvalue weighted by atomic mass is 35.5. The van der Waals surface area contributed by atoms with E-state index in [0.29, 0.717) is 47.5 Å². The molecule has 4 rings (SSSR count). The zero-order valence-electron chi connectivity index (χ0n) is 20.5. The monoisotopic (exact) mass is 537 g/mol. The Balaban J connectivity index is 0.00000380. The molecule has 37 heavy (non-hydrogen) atoms. The van der Waals surface area contributed by atoms with Crippen LogP contribution in [0.2, 0.25) is 0 Å². The summed E-state index contributed by atoms with van der Waals surface area (Å²) >= 11 is 0.